The van der Waals surface area contributed by atoms with Crippen molar-refractivity contribution in [2.45, 2.75) is 26.3 Å². The minimum Gasteiger partial charge on any atom is -0.337 e. The van der Waals surface area contributed by atoms with Gasteiger partial charge in [-0.25, -0.2) is 0 Å². The molecule has 0 bridgehead atoms. The topological polar surface area (TPSA) is 59.2 Å². The summed E-state index contributed by atoms with van der Waals surface area (Å²) in [7, 11) is 1.74. The van der Waals surface area contributed by atoms with E-state index in [0.717, 1.165) is 15.1 Å². The summed E-state index contributed by atoms with van der Waals surface area (Å²) in [6.45, 7) is 2.30. The fraction of sp³-hybridized carbons (Fsp3) is 0.417. The van der Waals surface area contributed by atoms with E-state index in [4.69, 9.17) is 4.52 Å². The normalized spacial score (nSPS) is 10.7. The molecule has 0 saturated carbocycles. The van der Waals surface area contributed by atoms with Gasteiger partial charge in [-0.05, 0) is 28.1 Å². The van der Waals surface area contributed by atoms with E-state index >= 15 is 0 Å². The van der Waals surface area contributed by atoms with Gasteiger partial charge in [-0.15, -0.1) is 11.3 Å². The largest absolute Gasteiger partial charge is 0.337 e. The number of thiophene rings is 1. The van der Waals surface area contributed by atoms with Crippen LogP contribution in [0.1, 0.15) is 23.5 Å². The maximum absolute atomic E-state index is 12.0. The van der Waals surface area contributed by atoms with Crippen LogP contribution in [-0.2, 0) is 24.2 Å². The average Bonchev–Trinajstić information content (AvgIpc) is 2.98. The van der Waals surface area contributed by atoms with Gasteiger partial charge in [0.15, 0.2) is 5.82 Å². The first-order valence-corrected chi connectivity index (χ1v) is 7.49. The number of likely N-dealkylation sites (N-methyl/N-ethyl adjacent to an activating group) is 1. The Hall–Kier alpha value is -1.21. The van der Waals surface area contributed by atoms with Gasteiger partial charge in [-0.3, -0.25) is 4.79 Å². The number of carbonyl (C=O) groups excluding carboxylic acids is 1. The molecule has 0 aliphatic heterocycles. The van der Waals surface area contributed by atoms with E-state index in [0.29, 0.717) is 24.7 Å². The lowest BCUT2D eigenvalue weighted by Gasteiger charge is -2.13. The number of hydrogen-bond acceptors (Lipinski definition) is 5. The number of carbonyl (C=O) groups is 1. The van der Waals surface area contributed by atoms with Gasteiger partial charge in [0.05, 0.1) is 16.8 Å². The molecule has 0 saturated heterocycles. The zero-order valence-corrected chi connectivity index (χ0v) is 13.1. The minimum atomic E-state index is 0.0330. The van der Waals surface area contributed by atoms with Crippen molar-refractivity contribution in [1.29, 1.82) is 0 Å². The second-order valence-electron chi connectivity index (χ2n) is 4.09. The van der Waals surface area contributed by atoms with Crippen LogP contribution in [0.2, 0.25) is 0 Å². The van der Waals surface area contributed by atoms with E-state index in [1.807, 2.05) is 19.1 Å². The van der Waals surface area contributed by atoms with Crippen molar-refractivity contribution in [3.8, 4) is 0 Å². The smallest absolute Gasteiger partial charge is 0.246 e. The molecule has 5 nitrogen and oxygen atoms in total. The molecule has 7 heteroatoms. The lowest BCUT2D eigenvalue weighted by atomic mass is 10.3. The molecule has 0 N–H and O–H groups in total. The van der Waals surface area contributed by atoms with Crippen LogP contribution in [-0.4, -0.2) is 28.0 Å². The van der Waals surface area contributed by atoms with E-state index in [1.165, 1.54) is 0 Å². The van der Waals surface area contributed by atoms with Crippen molar-refractivity contribution in [3.05, 3.63) is 32.5 Å². The second kappa shape index (κ2) is 6.29. The molecule has 0 radical (unpaired) electrons. The van der Waals surface area contributed by atoms with Crippen LogP contribution in [0.4, 0.5) is 0 Å². The van der Waals surface area contributed by atoms with E-state index in [1.54, 1.807) is 23.3 Å². The quantitative estimate of drug-likeness (QED) is 0.837. The van der Waals surface area contributed by atoms with E-state index in [9.17, 15) is 4.79 Å². The molecule has 0 fully saturated rings. The maximum atomic E-state index is 12.0. The Bertz CT molecular complexity index is 567. The first-order valence-electron chi connectivity index (χ1n) is 5.88. The fourth-order valence-corrected chi connectivity index (χ4v) is 2.99. The molecule has 0 aliphatic carbocycles. The highest BCUT2D eigenvalue weighted by Gasteiger charge is 2.14. The molecular weight excluding hydrogens is 330 g/mol. The third-order valence-corrected chi connectivity index (χ3v) is 4.20. The zero-order valence-electron chi connectivity index (χ0n) is 10.7. The molecule has 0 unspecified atom stereocenters. The number of aromatic nitrogens is 2. The number of hydrogen-bond donors (Lipinski definition) is 0. The van der Waals surface area contributed by atoms with Gasteiger partial charge in [0.25, 0.3) is 0 Å². The van der Waals surface area contributed by atoms with Gasteiger partial charge >= 0.3 is 0 Å². The standard InChI is InChI=1S/C12H14BrN3O2S/c1-3-10-14-11(18-15-10)7-16(2)12(17)6-8-4-5-9(13)19-8/h4-5H,3,6-7H2,1-2H3. The second-order valence-corrected chi connectivity index (χ2v) is 6.64. The molecule has 0 spiro atoms. The molecule has 19 heavy (non-hydrogen) atoms. The van der Waals surface area contributed by atoms with Crippen LogP contribution < -0.4 is 0 Å². The summed E-state index contributed by atoms with van der Waals surface area (Å²) in [5.74, 6) is 1.17. The van der Waals surface area contributed by atoms with Gasteiger partial charge in [0.2, 0.25) is 11.8 Å². The molecular formula is C12H14BrN3O2S. The summed E-state index contributed by atoms with van der Waals surface area (Å²) in [5, 5.41) is 3.81. The average molecular weight is 344 g/mol. The molecule has 2 aromatic rings. The lowest BCUT2D eigenvalue weighted by Crippen LogP contribution is -2.27. The number of nitrogens with zero attached hydrogens (tertiary/aromatic N) is 3. The van der Waals surface area contributed by atoms with Crippen molar-refractivity contribution in [1.82, 2.24) is 15.0 Å². The Labute approximate surface area is 123 Å². The summed E-state index contributed by atoms with van der Waals surface area (Å²) in [6.07, 6.45) is 1.12. The van der Waals surface area contributed by atoms with E-state index in [2.05, 4.69) is 26.1 Å². The highest BCUT2D eigenvalue weighted by Crippen LogP contribution is 2.22. The summed E-state index contributed by atoms with van der Waals surface area (Å²) in [4.78, 5) is 18.8. The molecule has 2 heterocycles. The lowest BCUT2D eigenvalue weighted by molar-refractivity contribution is -0.129. The van der Waals surface area contributed by atoms with Gasteiger partial charge in [-0.1, -0.05) is 12.1 Å². The Morgan fingerprint density at radius 3 is 2.89 bits per heavy atom. The Kier molecular flexibility index (Phi) is 4.71. The van der Waals surface area contributed by atoms with E-state index in [-0.39, 0.29) is 5.91 Å². The molecule has 2 aromatic heterocycles. The molecule has 102 valence electrons. The molecule has 0 atom stereocenters. The Morgan fingerprint density at radius 1 is 1.53 bits per heavy atom. The molecule has 0 aliphatic rings. The van der Waals surface area contributed by atoms with Crippen molar-refractivity contribution in [2.75, 3.05) is 7.05 Å². The number of aryl methyl sites for hydroxylation is 1. The first-order chi connectivity index (χ1) is 9.08. The van der Waals surface area contributed by atoms with Gasteiger partial charge in [0.1, 0.15) is 0 Å². The van der Waals surface area contributed by atoms with Crippen LogP contribution in [0, 0.1) is 0 Å². The summed E-state index contributed by atoms with van der Waals surface area (Å²) in [6, 6.07) is 3.89. The van der Waals surface area contributed by atoms with Crippen LogP contribution in [0.15, 0.2) is 20.4 Å². The monoisotopic (exact) mass is 343 g/mol. The van der Waals surface area contributed by atoms with Gasteiger partial charge < -0.3 is 9.42 Å². The van der Waals surface area contributed by atoms with Crippen LogP contribution in [0.5, 0.6) is 0 Å². The highest BCUT2D eigenvalue weighted by molar-refractivity contribution is 9.11. The molecule has 1 amide bonds. The van der Waals surface area contributed by atoms with Crippen LogP contribution >= 0.6 is 27.3 Å². The SMILES string of the molecule is CCc1noc(CN(C)C(=O)Cc2ccc(Br)s2)n1. The summed E-state index contributed by atoms with van der Waals surface area (Å²) >= 11 is 4.95. The fourth-order valence-electron chi connectivity index (χ4n) is 1.52. The van der Waals surface area contributed by atoms with Crippen molar-refractivity contribution >= 4 is 33.2 Å². The van der Waals surface area contributed by atoms with Crippen LogP contribution in [0.25, 0.3) is 0 Å². The first kappa shape index (κ1) is 14.2. The molecule has 0 aromatic carbocycles. The highest BCUT2D eigenvalue weighted by atomic mass is 79.9. The maximum Gasteiger partial charge on any atom is 0.246 e. The number of rotatable bonds is 5. The Morgan fingerprint density at radius 2 is 2.32 bits per heavy atom. The Balaban J connectivity index is 1.91. The van der Waals surface area contributed by atoms with Crippen LogP contribution in [0.3, 0.4) is 0 Å². The predicted octanol–water partition coefficient (Wildman–Crippen LogP) is 2.66. The van der Waals surface area contributed by atoms with Gasteiger partial charge in [0, 0.05) is 18.3 Å². The van der Waals surface area contributed by atoms with Gasteiger partial charge in [-0.2, -0.15) is 4.98 Å². The summed E-state index contributed by atoms with van der Waals surface area (Å²) < 4.78 is 6.10. The predicted molar refractivity (Wildman–Crippen MR) is 75.9 cm³/mol. The van der Waals surface area contributed by atoms with Crippen molar-refractivity contribution < 1.29 is 9.32 Å². The minimum absolute atomic E-state index is 0.0330. The number of halogens is 1. The molecule has 2 rings (SSSR count). The third kappa shape index (κ3) is 3.87. The summed E-state index contributed by atoms with van der Waals surface area (Å²) in [5.41, 5.74) is 0. The van der Waals surface area contributed by atoms with E-state index < -0.39 is 0 Å². The van der Waals surface area contributed by atoms with Crippen molar-refractivity contribution in [3.63, 3.8) is 0 Å². The van der Waals surface area contributed by atoms with Crippen molar-refractivity contribution in [2.24, 2.45) is 0 Å². The number of amides is 1. The third-order valence-electron chi connectivity index (χ3n) is 2.58. The zero-order chi connectivity index (χ0) is 13.8.